The van der Waals surface area contributed by atoms with Gasteiger partial charge in [0.05, 0.1) is 16.4 Å². The van der Waals surface area contributed by atoms with Crippen LogP contribution in [0.4, 0.5) is 0 Å². The molecule has 0 saturated heterocycles. The molecule has 110 valence electrons. The fraction of sp³-hybridized carbons (Fsp3) is 0.200. The second-order valence-electron chi connectivity index (χ2n) is 3.90. The van der Waals surface area contributed by atoms with Crippen LogP contribution in [0.5, 0.6) is 0 Å². The van der Waals surface area contributed by atoms with Gasteiger partial charge in [-0.05, 0) is 18.2 Å². The topological polar surface area (TPSA) is 162 Å². The maximum Gasteiger partial charge on any atom is 0.357 e. The number of esters is 1. The van der Waals surface area contributed by atoms with Crippen molar-refractivity contribution in [3.05, 3.63) is 29.3 Å². The minimum absolute atomic E-state index is 0.448. The summed E-state index contributed by atoms with van der Waals surface area (Å²) in [5, 5.41) is 25.7. The number of carbonyl (C=O) groups is 2. The number of ether oxygens (including phenoxy) is 1. The van der Waals surface area contributed by atoms with E-state index < -0.39 is 41.9 Å². The summed E-state index contributed by atoms with van der Waals surface area (Å²) in [6.07, 6.45) is 0. The van der Waals surface area contributed by atoms with Crippen LogP contribution in [-0.4, -0.2) is 43.0 Å². The molecule has 0 heterocycles. The van der Waals surface area contributed by atoms with Gasteiger partial charge in [0.2, 0.25) is 0 Å². The van der Waals surface area contributed by atoms with Crippen LogP contribution in [0.15, 0.2) is 18.2 Å². The monoisotopic (exact) mass is 306 g/mol. The first-order valence-corrected chi connectivity index (χ1v) is 6.64. The molecule has 0 aliphatic heterocycles. The number of rotatable bonds is 4. The second-order valence-corrected chi connectivity index (χ2v) is 5.47. The first kappa shape index (κ1) is 16.3. The summed E-state index contributed by atoms with van der Waals surface area (Å²) in [7, 11) is -4.97. The van der Waals surface area contributed by atoms with E-state index in [1.165, 1.54) is 0 Å². The molecular formula is C10H11O9P. The molecule has 5 N–H and O–H groups in total. The normalized spacial score (nSPS) is 12.1. The van der Waals surface area contributed by atoms with E-state index in [1.807, 2.05) is 0 Å². The van der Waals surface area contributed by atoms with E-state index in [-0.39, 0.29) is 0 Å². The van der Waals surface area contributed by atoms with Crippen LogP contribution in [-0.2, 0) is 9.30 Å². The standard InChI is InChI=1S/C10H11O9P/c1-10(14,15)19-9(13)6-3-2-5(8(11)12)4-7(6)20(16,17)18/h2-4,14-15H,1H3,(H,11,12)(H2,16,17,18). The quantitative estimate of drug-likeness (QED) is 0.267. The number of carbonyl (C=O) groups excluding carboxylic acids is 1. The van der Waals surface area contributed by atoms with Crippen molar-refractivity contribution in [2.75, 3.05) is 0 Å². The zero-order chi connectivity index (χ0) is 15.7. The van der Waals surface area contributed by atoms with Crippen molar-refractivity contribution in [2.45, 2.75) is 12.9 Å². The summed E-state index contributed by atoms with van der Waals surface area (Å²) in [5.74, 6) is -5.71. The highest BCUT2D eigenvalue weighted by Gasteiger charge is 2.30. The highest BCUT2D eigenvalue weighted by atomic mass is 31.2. The maximum absolute atomic E-state index is 11.6. The third-order valence-electron chi connectivity index (χ3n) is 2.06. The summed E-state index contributed by atoms with van der Waals surface area (Å²) in [6.45, 7) is 0.716. The van der Waals surface area contributed by atoms with Crippen molar-refractivity contribution in [1.82, 2.24) is 0 Å². The molecule has 0 aliphatic rings. The molecule has 0 spiro atoms. The number of aliphatic hydroxyl groups is 2. The van der Waals surface area contributed by atoms with Crippen LogP contribution in [0.2, 0.25) is 0 Å². The molecule has 0 fully saturated rings. The summed E-state index contributed by atoms with van der Waals surface area (Å²) < 4.78 is 15.4. The predicted octanol–water partition coefficient (Wildman–Crippen LogP) is -0.997. The zero-order valence-electron chi connectivity index (χ0n) is 10.0. The molecule has 20 heavy (non-hydrogen) atoms. The minimum atomic E-state index is -4.97. The SMILES string of the molecule is CC(O)(O)OC(=O)c1ccc(C(=O)O)cc1P(=O)(O)O. The summed E-state index contributed by atoms with van der Waals surface area (Å²) >= 11 is 0. The van der Waals surface area contributed by atoms with Gasteiger partial charge in [-0.2, -0.15) is 0 Å². The van der Waals surface area contributed by atoms with Gasteiger partial charge < -0.3 is 29.8 Å². The largest absolute Gasteiger partial charge is 0.478 e. The van der Waals surface area contributed by atoms with Gasteiger partial charge in [-0.15, -0.1) is 0 Å². The molecule has 10 heteroatoms. The van der Waals surface area contributed by atoms with Gasteiger partial charge in [-0.1, -0.05) is 0 Å². The lowest BCUT2D eigenvalue weighted by atomic mass is 10.1. The number of hydrogen-bond acceptors (Lipinski definition) is 6. The number of hydrogen-bond donors (Lipinski definition) is 5. The lowest BCUT2D eigenvalue weighted by Gasteiger charge is -2.17. The number of carboxylic acids is 1. The average molecular weight is 306 g/mol. The Morgan fingerprint density at radius 1 is 1.25 bits per heavy atom. The molecule has 0 aromatic heterocycles. The fourth-order valence-electron chi connectivity index (χ4n) is 1.31. The van der Waals surface area contributed by atoms with Gasteiger partial charge in [-0.25, -0.2) is 9.59 Å². The van der Waals surface area contributed by atoms with E-state index in [0.717, 1.165) is 12.1 Å². The molecule has 0 saturated carbocycles. The van der Waals surface area contributed by atoms with Crippen LogP contribution in [0.1, 0.15) is 27.6 Å². The summed E-state index contributed by atoms with van der Waals surface area (Å²) in [6, 6.07) is 2.35. The highest BCUT2D eigenvalue weighted by Crippen LogP contribution is 2.35. The predicted molar refractivity (Wildman–Crippen MR) is 63.3 cm³/mol. The highest BCUT2D eigenvalue weighted by molar-refractivity contribution is 7.60. The van der Waals surface area contributed by atoms with Crippen molar-refractivity contribution in [3.63, 3.8) is 0 Å². The van der Waals surface area contributed by atoms with Crippen LogP contribution in [0.25, 0.3) is 0 Å². The molecule has 0 bridgehead atoms. The molecule has 0 amide bonds. The summed E-state index contributed by atoms with van der Waals surface area (Å²) in [4.78, 5) is 40.5. The minimum Gasteiger partial charge on any atom is -0.478 e. The van der Waals surface area contributed by atoms with Gasteiger partial charge >= 0.3 is 25.5 Å². The molecule has 1 aromatic carbocycles. The molecule has 0 aliphatic carbocycles. The molecular weight excluding hydrogens is 295 g/mol. The van der Waals surface area contributed by atoms with Crippen LogP contribution >= 0.6 is 7.60 Å². The van der Waals surface area contributed by atoms with E-state index in [2.05, 4.69) is 4.74 Å². The van der Waals surface area contributed by atoms with Crippen LogP contribution in [0, 0.1) is 0 Å². The zero-order valence-corrected chi connectivity index (χ0v) is 10.9. The van der Waals surface area contributed by atoms with E-state index >= 15 is 0 Å². The molecule has 0 atom stereocenters. The average Bonchev–Trinajstić information content (AvgIpc) is 2.24. The maximum atomic E-state index is 11.6. The molecule has 0 unspecified atom stereocenters. The van der Waals surface area contributed by atoms with Crippen molar-refractivity contribution in [1.29, 1.82) is 0 Å². The first-order chi connectivity index (χ1) is 8.92. The van der Waals surface area contributed by atoms with Crippen molar-refractivity contribution < 1.29 is 44.0 Å². The van der Waals surface area contributed by atoms with E-state index in [1.54, 1.807) is 0 Å². The Labute approximate surface area is 112 Å². The van der Waals surface area contributed by atoms with Crippen molar-refractivity contribution in [3.8, 4) is 0 Å². The van der Waals surface area contributed by atoms with E-state index in [9.17, 15) is 14.2 Å². The van der Waals surface area contributed by atoms with Crippen molar-refractivity contribution >= 4 is 24.8 Å². The number of aromatic carboxylic acids is 1. The Kier molecular flexibility index (Phi) is 4.33. The third-order valence-corrected chi connectivity index (χ3v) is 3.06. The fourth-order valence-corrected chi connectivity index (χ4v) is 2.10. The molecule has 1 aromatic rings. The Morgan fingerprint density at radius 2 is 1.80 bits per heavy atom. The van der Waals surface area contributed by atoms with Gasteiger partial charge in [0, 0.05) is 6.92 Å². The lowest BCUT2D eigenvalue weighted by molar-refractivity contribution is -0.293. The van der Waals surface area contributed by atoms with Gasteiger partial charge in [-0.3, -0.25) is 4.57 Å². The van der Waals surface area contributed by atoms with Gasteiger partial charge in [0.15, 0.2) is 0 Å². The number of benzene rings is 1. The third kappa shape index (κ3) is 4.12. The smallest absolute Gasteiger partial charge is 0.357 e. The Balaban J connectivity index is 3.37. The summed E-state index contributed by atoms with van der Waals surface area (Å²) in [5.41, 5.74) is -1.12. The first-order valence-electron chi connectivity index (χ1n) is 5.03. The molecule has 0 radical (unpaired) electrons. The number of carboxylic acid groups (broad SMARTS) is 1. The molecule has 1 rings (SSSR count). The second kappa shape index (κ2) is 5.31. The Hall–Kier alpha value is -1.77. The lowest BCUT2D eigenvalue weighted by Crippen LogP contribution is -2.32. The van der Waals surface area contributed by atoms with Crippen molar-refractivity contribution in [2.24, 2.45) is 0 Å². The van der Waals surface area contributed by atoms with Crippen LogP contribution in [0.3, 0.4) is 0 Å². The Bertz CT molecular complexity index is 595. The van der Waals surface area contributed by atoms with Gasteiger partial charge in [0.1, 0.15) is 0 Å². The van der Waals surface area contributed by atoms with E-state index in [0.29, 0.717) is 13.0 Å². The molecule has 9 nitrogen and oxygen atoms in total. The van der Waals surface area contributed by atoms with Crippen LogP contribution < -0.4 is 5.30 Å². The Morgan fingerprint density at radius 3 is 2.20 bits per heavy atom. The van der Waals surface area contributed by atoms with E-state index in [4.69, 9.17) is 25.1 Å². The van der Waals surface area contributed by atoms with Gasteiger partial charge in [0.25, 0.3) is 0 Å².